The number of nitrogens with two attached hydrogens (primary N) is 1. The van der Waals surface area contributed by atoms with Gasteiger partial charge in [-0.2, -0.15) is 0 Å². The Labute approximate surface area is 73.3 Å². The van der Waals surface area contributed by atoms with E-state index in [0.717, 1.165) is 25.9 Å². The molecule has 0 aromatic rings. The Morgan fingerprint density at radius 2 is 2.33 bits per heavy atom. The maximum Gasteiger partial charge on any atom is 0.220 e. The Morgan fingerprint density at radius 1 is 1.58 bits per heavy atom. The van der Waals surface area contributed by atoms with Gasteiger partial charge in [-0.25, -0.2) is 0 Å². The summed E-state index contributed by atoms with van der Waals surface area (Å²) in [6.07, 6.45) is 4.18. The van der Waals surface area contributed by atoms with Gasteiger partial charge in [-0.05, 0) is 25.2 Å². The zero-order valence-electron chi connectivity index (χ0n) is 7.58. The van der Waals surface area contributed by atoms with Gasteiger partial charge in [0.15, 0.2) is 0 Å². The zero-order chi connectivity index (χ0) is 8.97. The van der Waals surface area contributed by atoms with Gasteiger partial charge in [0.1, 0.15) is 0 Å². The summed E-state index contributed by atoms with van der Waals surface area (Å²) in [5.74, 6) is 0.496. The average molecular weight is 171 g/mol. The molecule has 70 valence electrons. The second-order valence-corrected chi connectivity index (χ2v) is 3.59. The molecule has 12 heavy (non-hydrogen) atoms. The maximum absolute atomic E-state index is 10.9. The molecule has 1 rings (SSSR count). The number of primary amides is 1. The van der Waals surface area contributed by atoms with Crippen molar-refractivity contribution in [3.8, 4) is 0 Å². The molecule has 1 fully saturated rings. The molecule has 2 unspecified atom stereocenters. The molecule has 0 aromatic carbocycles. The predicted octanol–water partition coefficient (Wildman–Crippen LogP) is 0.924. The monoisotopic (exact) mass is 171 g/mol. The number of carbonyl (C=O) groups is 1. The maximum atomic E-state index is 10.9. The van der Waals surface area contributed by atoms with Crippen molar-refractivity contribution in [2.24, 2.45) is 17.6 Å². The van der Waals surface area contributed by atoms with Gasteiger partial charge in [-0.15, -0.1) is 0 Å². The van der Waals surface area contributed by atoms with Crippen molar-refractivity contribution >= 4 is 5.91 Å². The van der Waals surface area contributed by atoms with E-state index in [4.69, 9.17) is 10.5 Å². The van der Waals surface area contributed by atoms with E-state index in [0.29, 0.717) is 5.92 Å². The Kier molecular flexibility index (Phi) is 3.53. The molecule has 0 spiro atoms. The van der Waals surface area contributed by atoms with Crippen molar-refractivity contribution in [1.82, 2.24) is 0 Å². The van der Waals surface area contributed by atoms with Gasteiger partial charge in [0.2, 0.25) is 5.91 Å². The van der Waals surface area contributed by atoms with Gasteiger partial charge in [0.05, 0.1) is 0 Å². The highest BCUT2D eigenvalue weighted by Gasteiger charge is 2.25. The summed E-state index contributed by atoms with van der Waals surface area (Å²) in [6.45, 7) is 0.768. The number of hydrogen-bond acceptors (Lipinski definition) is 2. The van der Waals surface area contributed by atoms with Crippen LogP contribution < -0.4 is 5.73 Å². The van der Waals surface area contributed by atoms with E-state index in [1.54, 1.807) is 7.11 Å². The van der Waals surface area contributed by atoms with Gasteiger partial charge in [-0.1, -0.05) is 6.42 Å². The number of ether oxygens (including phenoxy) is 1. The van der Waals surface area contributed by atoms with Crippen molar-refractivity contribution < 1.29 is 9.53 Å². The van der Waals surface area contributed by atoms with E-state index < -0.39 is 0 Å². The molecule has 0 bridgehead atoms. The van der Waals surface area contributed by atoms with E-state index >= 15 is 0 Å². The summed E-state index contributed by atoms with van der Waals surface area (Å²) in [4.78, 5) is 10.9. The molecular formula is C9H17NO2. The Balaban J connectivity index is 2.35. The number of carbonyl (C=O) groups excluding carboxylic acids is 1. The van der Waals surface area contributed by atoms with Crippen LogP contribution in [0.4, 0.5) is 0 Å². The van der Waals surface area contributed by atoms with E-state index in [9.17, 15) is 4.79 Å². The SMILES string of the molecule is COCC1CCCC(C(N)=O)C1. The van der Waals surface area contributed by atoms with Gasteiger partial charge < -0.3 is 10.5 Å². The Bertz CT molecular complexity index is 157. The van der Waals surface area contributed by atoms with Crippen molar-refractivity contribution in [3.63, 3.8) is 0 Å². The van der Waals surface area contributed by atoms with Crippen LogP contribution in [0.5, 0.6) is 0 Å². The molecule has 3 nitrogen and oxygen atoms in total. The van der Waals surface area contributed by atoms with Crippen LogP contribution in [0.3, 0.4) is 0 Å². The molecule has 2 N–H and O–H groups in total. The molecule has 1 saturated carbocycles. The summed E-state index contributed by atoms with van der Waals surface area (Å²) >= 11 is 0. The molecule has 1 aliphatic rings. The first-order chi connectivity index (χ1) is 5.74. The van der Waals surface area contributed by atoms with Crippen LogP contribution in [0.2, 0.25) is 0 Å². The van der Waals surface area contributed by atoms with Gasteiger partial charge in [-0.3, -0.25) is 4.79 Å². The fraction of sp³-hybridized carbons (Fsp3) is 0.889. The highest BCUT2D eigenvalue weighted by molar-refractivity contribution is 5.76. The molecular weight excluding hydrogens is 154 g/mol. The van der Waals surface area contributed by atoms with Gasteiger partial charge in [0.25, 0.3) is 0 Å². The average Bonchev–Trinajstić information content (AvgIpc) is 2.05. The molecule has 1 aliphatic carbocycles. The predicted molar refractivity (Wildman–Crippen MR) is 46.5 cm³/mol. The second-order valence-electron chi connectivity index (χ2n) is 3.59. The van der Waals surface area contributed by atoms with Crippen LogP contribution in [0.1, 0.15) is 25.7 Å². The van der Waals surface area contributed by atoms with Gasteiger partial charge >= 0.3 is 0 Å². The summed E-state index contributed by atoms with van der Waals surface area (Å²) in [6, 6.07) is 0. The number of methoxy groups -OCH3 is 1. The van der Waals surface area contributed by atoms with Crippen LogP contribution in [0.25, 0.3) is 0 Å². The lowest BCUT2D eigenvalue weighted by atomic mass is 9.81. The highest BCUT2D eigenvalue weighted by Crippen LogP contribution is 2.28. The van der Waals surface area contributed by atoms with Crippen LogP contribution in [-0.4, -0.2) is 19.6 Å². The molecule has 0 saturated heterocycles. The smallest absolute Gasteiger partial charge is 0.220 e. The topological polar surface area (TPSA) is 52.3 Å². The minimum Gasteiger partial charge on any atom is -0.384 e. The van der Waals surface area contributed by atoms with E-state index in [2.05, 4.69) is 0 Å². The molecule has 0 radical (unpaired) electrons. The van der Waals surface area contributed by atoms with Crippen LogP contribution >= 0.6 is 0 Å². The molecule has 2 atom stereocenters. The Morgan fingerprint density at radius 3 is 2.92 bits per heavy atom. The summed E-state index contributed by atoms with van der Waals surface area (Å²) < 4.78 is 5.06. The standard InChI is InChI=1S/C9H17NO2/c1-12-6-7-3-2-4-8(5-7)9(10)11/h7-8H,2-6H2,1H3,(H2,10,11). The molecule has 3 heteroatoms. The minimum atomic E-state index is -0.143. The van der Waals surface area contributed by atoms with Crippen LogP contribution in [0, 0.1) is 11.8 Å². The second kappa shape index (κ2) is 4.45. The third-order valence-corrected chi connectivity index (χ3v) is 2.59. The largest absolute Gasteiger partial charge is 0.384 e. The lowest BCUT2D eigenvalue weighted by molar-refractivity contribution is -0.123. The normalized spacial score (nSPS) is 30.1. The molecule has 1 amide bonds. The van der Waals surface area contributed by atoms with E-state index in [1.165, 1.54) is 6.42 Å². The van der Waals surface area contributed by atoms with E-state index in [1.807, 2.05) is 0 Å². The number of hydrogen-bond donors (Lipinski definition) is 1. The first-order valence-corrected chi connectivity index (χ1v) is 4.52. The first-order valence-electron chi connectivity index (χ1n) is 4.52. The molecule has 0 aromatic heterocycles. The third-order valence-electron chi connectivity index (χ3n) is 2.59. The van der Waals surface area contributed by atoms with Crippen molar-refractivity contribution in [3.05, 3.63) is 0 Å². The van der Waals surface area contributed by atoms with Gasteiger partial charge in [0, 0.05) is 19.6 Å². The van der Waals surface area contributed by atoms with E-state index in [-0.39, 0.29) is 11.8 Å². The first kappa shape index (κ1) is 9.52. The third kappa shape index (κ3) is 2.48. The summed E-state index contributed by atoms with van der Waals surface area (Å²) in [5.41, 5.74) is 5.25. The van der Waals surface area contributed by atoms with Crippen LogP contribution in [-0.2, 0) is 9.53 Å². The van der Waals surface area contributed by atoms with Crippen LogP contribution in [0.15, 0.2) is 0 Å². The fourth-order valence-corrected chi connectivity index (χ4v) is 1.94. The number of amides is 1. The highest BCUT2D eigenvalue weighted by atomic mass is 16.5. The Hall–Kier alpha value is -0.570. The lowest BCUT2D eigenvalue weighted by Gasteiger charge is -2.26. The molecule has 0 heterocycles. The zero-order valence-corrected chi connectivity index (χ0v) is 7.58. The van der Waals surface area contributed by atoms with Crippen molar-refractivity contribution in [2.75, 3.05) is 13.7 Å². The van der Waals surface area contributed by atoms with Crippen molar-refractivity contribution in [2.45, 2.75) is 25.7 Å². The quantitative estimate of drug-likeness (QED) is 0.686. The summed E-state index contributed by atoms with van der Waals surface area (Å²) in [7, 11) is 1.70. The lowest BCUT2D eigenvalue weighted by Crippen LogP contribution is -2.29. The van der Waals surface area contributed by atoms with Crippen molar-refractivity contribution in [1.29, 1.82) is 0 Å². The fourth-order valence-electron chi connectivity index (χ4n) is 1.94. The number of rotatable bonds is 3. The molecule has 0 aliphatic heterocycles. The minimum absolute atomic E-state index is 0.0962. The summed E-state index contributed by atoms with van der Waals surface area (Å²) in [5, 5.41) is 0.